The van der Waals surface area contributed by atoms with Gasteiger partial charge in [-0.05, 0) is 37.0 Å². The van der Waals surface area contributed by atoms with Gasteiger partial charge in [0.1, 0.15) is 5.82 Å². The van der Waals surface area contributed by atoms with Crippen molar-refractivity contribution in [2.75, 3.05) is 17.2 Å². The van der Waals surface area contributed by atoms with Crippen molar-refractivity contribution >= 4 is 35.1 Å². The highest BCUT2D eigenvalue weighted by Gasteiger charge is 2.31. The molecule has 0 N–H and O–H groups in total. The van der Waals surface area contributed by atoms with E-state index >= 15 is 0 Å². The van der Waals surface area contributed by atoms with Gasteiger partial charge in [0.25, 0.3) is 0 Å². The number of benzene rings is 2. The number of fused-ring (bicyclic) bond motifs is 1. The van der Waals surface area contributed by atoms with Crippen molar-refractivity contribution in [1.82, 2.24) is 14.8 Å². The summed E-state index contributed by atoms with van der Waals surface area (Å²) in [4.78, 5) is 16.4. The minimum absolute atomic E-state index is 0.134. The highest BCUT2D eigenvalue weighted by Crippen LogP contribution is 2.41. The topological polar surface area (TPSA) is 51.0 Å². The Bertz CT molecular complexity index is 1060. The standard InChI is InChI=1S/C24H26N4OS2/c1-17-13-14-27(20-9-5-6-10-21(20)31-17)22(29)16-30-24-26-25-23(19-11-12-19)28(24)15-18-7-3-2-4-8-18/h2-10,17,19H,11-16H2,1H3/t17-/m1/s1. The van der Waals surface area contributed by atoms with Crippen LogP contribution in [0.2, 0.25) is 0 Å². The smallest absolute Gasteiger partial charge is 0.237 e. The van der Waals surface area contributed by atoms with Crippen molar-refractivity contribution < 1.29 is 4.79 Å². The number of carbonyl (C=O) groups is 1. The Kier molecular flexibility index (Phi) is 6.05. The predicted octanol–water partition coefficient (Wildman–Crippen LogP) is 5.21. The van der Waals surface area contributed by atoms with Crippen LogP contribution in [0.3, 0.4) is 0 Å². The van der Waals surface area contributed by atoms with Crippen LogP contribution in [-0.2, 0) is 11.3 Å². The lowest BCUT2D eigenvalue weighted by atomic mass is 10.2. The van der Waals surface area contributed by atoms with Crippen LogP contribution in [0.15, 0.2) is 64.6 Å². The van der Waals surface area contributed by atoms with Crippen LogP contribution in [0.4, 0.5) is 5.69 Å². The number of carbonyl (C=O) groups excluding carboxylic acids is 1. The number of amides is 1. The summed E-state index contributed by atoms with van der Waals surface area (Å²) in [5.41, 5.74) is 2.26. The first-order chi connectivity index (χ1) is 15.2. The fraction of sp³-hybridized carbons (Fsp3) is 0.375. The average Bonchev–Trinajstić information content (AvgIpc) is 3.57. The maximum absolute atomic E-state index is 13.3. The molecule has 1 saturated carbocycles. The number of nitrogens with zero attached hydrogens (tertiary/aromatic N) is 4. The highest BCUT2D eigenvalue weighted by atomic mass is 32.2. The number of anilines is 1. The molecule has 0 saturated heterocycles. The fourth-order valence-corrected chi connectivity index (χ4v) is 5.85. The van der Waals surface area contributed by atoms with E-state index in [9.17, 15) is 4.79 Å². The van der Waals surface area contributed by atoms with E-state index in [1.54, 1.807) is 0 Å². The van der Waals surface area contributed by atoms with Crippen LogP contribution in [-0.4, -0.2) is 38.2 Å². The molecule has 2 aliphatic rings. The van der Waals surface area contributed by atoms with Crippen molar-refractivity contribution in [1.29, 1.82) is 0 Å². The Morgan fingerprint density at radius 3 is 2.65 bits per heavy atom. The van der Waals surface area contributed by atoms with Crippen LogP contribution in [0, 0.1) is 0 Å². The molecule has 1 aliphatic heterocycles. The fourth-order valence-electron chi connectivity index (χ4n) is 3.92. The second kappa shape index (κ2) is 9.09. The molecule has 0 spiro atoms. The first-order valence-electron chi connectivity index (χ1n) is 10.8. The zero-order valence-electron chi connectivity index (χ0n) is 17.6. The molecule has 2 aromatic carbocycles. The van der Waals surface area contributed by atoms with Crippen molar-refractivity contribution in [2.24, 2.45) is 0 Å². The number of rotatable bonds is 6. The molecule has 160 valence electrons. The molecule has 1 amide bonds. The molecule has 1 fully saturated rings. The average molecular weight is 451 g/mol. The monoisotopic (exact) mass is 450 g/mol. The minimum atomic E-state index is 0.134. The zero-order chi connectivity index (χ0) is 21.2. The van der Waals surface area contributed by atoms with Gasteiger partial charge in [0.2, 0.25) is 5.91 Å². The summed E-state index contributed by atoms with van der Waals surface area (Å²) in [5, 5.41) is 10.3. The Morgan fingerprint density at radius 2 is 1.84 bits per heavy atom. The summed E-state index contributed by atoms with van der Waals surface area (Å²) in [6.45, 7) is 3.74. The minimum Gasteiger partial charge on any atom is -0.311 e. The predicted molar refractivity (Wildman–Crippen MR) is 127 cm³/mol. The van der Waals surface area contributed by atoms with Crippen molar-refractivity contribution in [3.63, 3.8) is 0 Å². The van der Waals surface area contributed by atoms with E-state index in [0.717, 1.165) is 36.2 Å². The van der Waals surface area contributed by atoms with Gasteiger partial charge in [-0.1, -0.05) is 61.2 Å². The quantitative estimate of drug-likeness (QED) is 0.482. The summed E-state index contributed by atoms with van der Waals surface area (Å²) < 4.78 is 2.21. The number of hydrogen-bond donors (Lipinski definition) is 0. The van der Waals surface area contributed by atoms with Crippen LogP contribution in [0.1, 0.15) is 43.5 Å². The number of thioether (sulfide) groups is 2. The molecule has 0 bridgehead atoms. The van der Waals surface area contributed by atoms with Crippen LogP contribution >= 0.6 is 23.5 Å². The van der Waals surface area contributed by atoms with E-state index in [1.165, 1.54) is 35.1 Å². The van der Waals surface area contributed by atoms with Gasteiger partial charge >= 0.3 is 0 Å². The summed E-state index contributed by atoms with van der Waals surface area (Å²) in [7, 11) is 0. The molecule has 2 heterocycles. The Hall–Kier alpha value is -2.25. The molecule has 0 unspecified atom stereocenters. The van der Waals surface area contributed by atoms with Gasteiger partial charge < -0.3 is 9.47 Å². The SMILES string of the molecule is C[C@@H]1CCN(C(=O)CSc2nnc(C3CC3)n2Cc2ccccc2)c2ccccc2S1. The summed E-state index contributed by atoms with van der Waals surface area (Å²) in [5.74, 6) is 2.07. The molecule has 3 aromatic rings. The molecular weight excluding hydrogens is 424 g/mol. The van der Waals surface area contributed by atoms with Gasteiger partial charge in [0.05, 0.1) is 18.0 Å². The normalized spacial score (nSPS) is 18.5. The van der Waals surface area contributed by atoms with Gasteiger partial charge in [-0.15, -0.1) is 22.0 Å². The van der Waals surface area contributed by atoms with E-state index in [4.69, 9.17) is 0 Å². The first kappa shape index (κ1) is 20.6. The van der Waals surface area contributed by atoms with Crippen molar-refractivity contribution in [2.45, 2.75) is 54.0 Å². The lowest BCUT2D eigenvalue weighted by Crippen LogP contribution is -2.33. The van der Waals surface area contributed by atoms with Gasteiger partial charge in [-0.25, -0.2) is 0 Å². The molecule has 7 heteroatoms. The van der Waals surface area contributed by atoms with E-state index in [1.807, 2.05) is 34.9 Å². The second-order valence-corrected chi connectivity index (χ2v) is 10.6. The lowest BCUT2D eigenvalue weighted by molar-refractivity contribution is -0.116. The number of aromatic nitrogens is 3. The lowest BCUT2D eigenvalue weighted by Gasteiger charge is -2.22. The van der Waals surface area contributed by atoms with E-state index in [-0.39, 0.29) is 5.91 Å². The van der Waals surface area contributed by atoms with E-state index in [0.29, 0.717) is 16.9 Å². The maximum atomic E-state index is 13.3. The Morgan fingerprint density at radius 1 is 1.06 bits per heavy atom. The zero-order valence-corrected chi connectivity index (χ0v) is 19.2. The third kappa shape index (κ3) is 4.67. The second-order valence-electron chi connectivity index (χ2n) is 8.21. The van der Waals surface area contributed by atoms with E-state index < -0.39 is 0 Å². The molecule has 31 heavy (non-hydrogen) atoms. The van der Waals surface area contributed by atoms with Gasteiger partial charge in [0, 0.05) is 22.6 Å². The molecule has 1 atom stereocenters. The van der Waals surface area contributed by atoms with Crippen LogP contribution < -0.4 is 4.90 Å². The Labute approximate surface area is 191 Å². The van der Waals surface area contributed by atoms with Gasteiger partial charge in [-0.3, -0.25) is 4.79 Å². The van der Waals surface area contributed by atoms with Crippen LogP contribution in [0.5, 0.6) is 0 Å². The third-order valence-electron chi connectivity index (χ3n) is 5.74. The summed E-state index contributed by atoms with van der Waals surface area (Å²) >= 11 is 3.37. The Balaban J connectivity index is 1.34. The summed E-state index contributed by atoms with van der Waals surface area (Å²) in [6, 6.07) is 18.6. The molecule has 0 radical (unpaired) electrons. The van der Waals surface area contributed by atoms with Crippen molar-refractivity contribution in [3.05, 3.63) is 66.0 Å². The summed E-state index contributed by atoms with van der Waals surface area (Å²) in [6.07, 6.45) is 3.35. The van der Waals surface area contributed by atoms with Gasteiger partial charge in [-0.2, -0.15) is 0 Å². The van der Waals surface area contributed by atoms with Crippen LogP contribution in [0.25, 0.3) is 0 Å². The molecule has 5 nitrogen and oxygen atoms in total. The first-order valence-corrected chi connectivity index (χ1v) is 12.7. The number of hydrogen-bond acceptors (Lipinski definition) is 5. The maximum Gasteiger partial charge on any atom is 0.237 e. The molecule has 5 rings (SSSR count). The largest absolute Gasteiger partial charge is 0.311 e. The third-order valence-corrected chi connectivity index (χ3v) is 7.93. The van der Waals surface area contributed by atoms with Gasteiger partial charge in [0.15, 0.2) is 5.16 Å². The molecule has 1 aromatic heterocycles. The highest BCUT2D eigenvalue weighted by molar-refractivity contribution is 8.00. The molecular formula is C24H26N4OS2. The van der Waals surface area contributed by atoms with E-state index in [2.05, 4.69) is 58.1 Å². The molecule has 1 aliphatic carbocycles. The number of para-hydroxylation sites is 1. The van der Waals surface area contributed by atoms with Crippen molar-refractivity contribution in [3.8, 4) is 0 Å².